The molecule has 5 heteroatoms. The lowest BCUT2D eigenvalue weighted by Crippen LogP contribution is -2.04. The highest BCUT2D eigenvalue weighted by molar-refractivity contribution is 5.25. The molecule has 2 aromatic carbocycles. The van der Waals surface area contributed by atoms with Crippen LogP contribution in [0.2, 0.25) is 0 Å². The second kappa shape index (κ2) is 6.63. The number of halogens is 3. The van der Waals surface area contributed by atoms with Crippen LogP contribution in [-0.4, -0.2) is 17.8 Å². The smallest absolute Gasteiger partial charge is 0.416 e. The Bertz CT molecular complexity index is 546. The fourth-order valence-electron chi connectivity index (χ4n) is 1.71. The van der Waals surface area contributed by atoms with E-state index in [-0.39, 0.29) is 6.10 Å². The first-order valence-corrected chi connectivity index (χ1v) is 6.47. The molecule has 1 aliphatic heterocycles. The molecule has 0 radical (unpaired) electrons. The van der Waals surface area contributed by atoms with Gasteiger partial charge in [-0.25, -0.2) is 0 Å². The van der Waals surface area contributed by atoms with Gasteiger partial charge in [0.2, 0.25) is 0 Å². The molecule has 0 aliphatic carbocycles. The van der Waals surface area contributed by atoms with Crippen molar-refractivity contribution < 1.29 is 23.0 Å². The van der Waals surface area contributed by atoms with Crippen molar-refractivity contribution in [3.63, 3.8) is 0 Å². The zero-order chi connectivity index (χ0) is 15.3. The van der Waals surface area contributed by atoms with Crippen LogP contribution in [0.5, 0.6) is 5.75 Å². The molecule has 0 saturated carbocycles. The van der Waals surface area contributed by atoms with E-state index in [1.165, 1.54) is 12.1 Å². The molecule has 1 heterocycles. The van der Waals surface area contributed by atoms with Gasteiger partial charge >= 0.3 is 6.18 Å². The Morgan fingerprint density at radius 1 is 1.00 bits per heavy atom. The number of ether oxygens (including phenoxy) is 1. The summed E-state index contributed by atoms with van der Waals surface area (Å²) in [6.07, 6.45) is -3.32. The highest BCUT2D eigenvalue weighted by atomic mass is 19.4. The SMILES string of the molecule is FC(F)(F)c1ccc(CC2CO2)cc1.Oc1ccccc1. The van der Waals surface area contributed by atoms with Crippen LogP contribution in [-0.2, 0) is 17.3 Å². The number of phenols is 1. The van der Waals surface area contributed by atoms with Gasteiger partial charge in [-0.2, -0.15) is 13.2 Å². The number of phenolic OH excluding ortho intramolecular Hbond substituents is 1. The standard InChI is InChI=1S/C10H9F3O.C6H6O/c11-10(12,13)8-3-1-7(2-4-8)5-9-6-14-9;7-6-4-2-1-3-5-6/h1-4,9H,5-6H2;1-5,7H. The Kier molecular flexibility index (Phi) is 4.85. The third kappa shape index (κ3) is 5.47. The maximum absolute atomic E-state index is 12.2. The van der Waals surface area contributed by atoms with Crippen LogP contribution in [0.4, 0.5) is 13.2 Å². The lowest BCUT2D eigenvalue weighted by molar-refractivity contribution is -0.137. The summed E-state index contributed by atoms with van der Waals surface area (Å²) in [7, 11) is 0. The zero-order valence-corrected chi connectivity index (χ0v) is 11.2. The van der Waals surface area contributed by atoms with Crippen LogP contribution in [0.15, 0.2) is 54.6 Å². The molecule has 2 aromatic rings. The van der Waals surface area contributed by atoms with Gasteiger partial charge in [0, 0.05) is 6.42 Å². The molecular formula is C16H15F3O2. The minimum Gasteiger partial charge on any atom is -0.508 e. The van der Waals surface area contributed by atoms with Gasteiger partial charge in [0.15, 0.2) is 0 Å². The molecule has 0 bridgehead atoms. The molecule has 1 N–H and O–H groups in total. The summed E-state index contributed by atoms with van der Waals surface area (Å²) in [5.74, 6) is 0.322. The average molecular weight is 296 g/mol. The minimum absolute atomic E-state index is 0.215. The first-order valence-electron chi connectivity index (χ1n) is 6.47. The number of aromatic hydroxyl groups is 1. The van der Waals surface area contributed by atoms with Gasteiger partial charge in [0.05, 0.1) is 18.3 Å². The van der Waals surface area contributed by atoms with Crippen molar-refractivity contribution in [2.75, 3.05) is 6.61 Å². The monoisotopic (exact) mass is 296 g/mol. The van der Waals surface area contributed by atoms with Gasteiger partial charge in [0.25, 0.3) is 0 Å². The Labute approximate surface area is 120 Å². The van der Waals surface area contributed by atoms with Crippen molar-refractivity contribution in [3.05, 3.63) is 65.7 Å². The van der Waals surface area contributed by atoms with E-state index < -0.39 is 11.7 Å². The molecule has 1 aliphatic rings. The van der Waals surface area contributed by atoms with E-state index in [1.807, 2.05) is 6.07 Å². The maximum atomic E-state index is 12.2. The highest BCUT2D eigenvalue weighted by Gasteiger charge is 2.30. The van der Waals surface area contributed by atoms with E-state index in [4.69, 9.17) is 9.84 Å². The summed E-state index contributed by atoms with van der Waals surface area (Å²) in [6, 6.07) is 13.9. The Morgan fingerprint density at radius 3 is 1.95 bits per heavy atom. The summed E-state index contributed by atoms with van der Waals surface area (Å²) in [5.41, 5.74) is 0.290. The molecule has 0 aromatic heterocycles. The molecule has 1 atom stereocenters. The predicted octanol–water partition coefficient (Wildman–Crippen LogP) is 4.04. The van der Waals surface area contributed by atoms with E-state index in [0.29, 0.717) is 12.2 Å². The first-order chi connectivity index (χ1) is 9.95. The van der Waals surface area contributed by atoms with E-state index in [9.17, 15) is 13.2 Å². The van der Waals surface area contributed by atoms with Gasteiger partial charge in [-0.15, -0.1) is 0 Å². The molecule has 2 nitrogen and oxygen atoms in total. The molecule has 0 spiro atoms. The van der Waals surface area contributed by atoms with E-state index in [2.05, 4.69) is 0 Å². The van der Waals surface area contributed by atoms with Crippen LogP contribution in [0.25, 0.3) is 0 Å². The Balaban J connectivity index is 0.000000194. The lowest BCUT2D eigenvalue weighted by Gasteiger charge is -2.06. The van der Waals surface area contributed by atoms with Crippen molar-refractivity contribution in [1.29, 1.82) is 0 Å². The number of hydrogen-bond donors (Lipinski definition) is 1. The zero-order valence-electron chi connectivity index (χ0n) is 11.2. The molecule has 0 amide bonds. The van der Waals surface area contributed by atoms with Crippen molar-refractivity contribution in [2.45, 2.75) is 18.7 Å². The normalized spacial score (nSPS) is 16.8. The molecule has 1 saturated heterocycles. The third-order valence-electron chi connectivity index (χ3n) is 2.90. The predicted molar refractivity (Wildman–Crippen MR) is 73.0 cm³/mol. The number of benzene rings is 2. The van der Waals surface area contributed by atoms with Crippen molar-refractivity contribution in [1.82, 2.24) is 0 Å². The number of rotatable bonds is 2. The number of para-hydroxylation sites is 1. The molecule has 1 fully saturated rings. The van der Waals surface area contributed by atoms with Crippen molar-refractivity contribution in [3.8, 4) is 5.75 Å². The average Bonchev–Trinajstić information content (AvgIpc) is 3.24. The number of alkyl halides is 3. The fraction of sp³-hybridized carbons (Fsp3) is 0.250. The number of hydrogen-bond acceptors (Lipinski definition) is 2. The van der Waals surface area contributed by atoms with Gasteiger partial charge in [-0.3, -0.25) is 0 Å². The van der Waals surface area contributed by atoms with E-state index in [0.717, 1.165) is 24.3 Å². The van der Waals surface area contributed by atoms with Crippen LogP contribution < -0.4 is 0 Å². The summed E-state index contributed by atoms with van der Waals surface area (Å²) < 4.78 is 41.5. The molecule has 112 valence electrons. The van der Waals surface area contributed by atoms with Gasteiger partial charge < -0.3 is 9.84 Å². The van der Waals surface area contributed by atoms with E-state index >= 15 is 0 Å². The second-order valence-corrected chi connectivity index (χ2v) is 4.69. The van der Waals surface area contributed by atoms with Crippen LogP contribution in [0.3, 0.4) is 0 Å². The van der Waals surface area contributed by atoms with Crippen molar-refractivity contribution >= 4 is 0 Å². The highest BCUT2D eigenvalue weighted by Crippen LogP contribution is 2.29. The minimum atomic E-state index is -4.24. The van der Waals surface area contributed by atoms with Gasteiger partial charge in [-0.05, 0) is 29.8 Å². The van der Waals surface area contributed by atoms with E-state index in [1.54, 1.807) is 24.3 Å². The van der Waals surface area contributed by atoms with Gasteiger partial charge in [-0.1, -0.05) is 30.3 Å². The summed E-state index contributed by atoms with van der Waals surface area (Å²) in [6.45, 7) is 0.723. The van der Waals surface area contributed by atoms with Gasteiger partial charge in [0.1, 0.15) is 5.75 Å². The van der Waals surface area contributed by atoms with Crippen LogP contribution in [0, 0.1) is 0 Å². The molecular weight excluding hydrogens is 281 g/mol. The topological polar surface area (TPSA) is 32.8 Å². The first kappa shape index (κ1) is 15.4. The summed E-state index contributed by atoms with van der Waals surface area (Å²) >= 11 is 0. The molecule has 1 unspecified atom stereocenters. The lowest BCUT2D eigenvalue weighted by atomic mass is 10.1. The number of epoxide rings is 1. The fourth-order valence-corrected chi connectivity index (χ4v) is 1.71. The maximum Gasteiger partial charge on any atom is 0.416 e. The van der Waals surface area contributed by atoms with Crippen LogP contribution >= 0.6 is 0 Å². The summed E-state index contributed by atoms with van der Waals surface area (Å²) in [5, 5.41) is 8.63. The Hall–Kier alpha value is -2.01. The molecule has 3 rings (SSSR count). The molecule has 21 heavy (non-hydrogen) atoms. The Morgan fingerprint density at radius 2 is 1.57 bits per heavy atom. The second-order valence-electron chi connectivity index (χ2n) is 4.69. The van der Waals surface area contributed by atoms with Crippen LogP contribution in [0.1, 0.15) is 11.1 Å². The summed E-state index contributed by atoms with van der Waals surface area (Å²) in [4.78, 5) is 0. The largest absolute Gasteiger partial charge is 0.508 e. The third-order valence-corrected chi connectivity index (χ3v) is 2.90. The van der Waals surface area contributed by atoms with Crippen molar-refractivity contribution in [2.24, 2.45) is 0 Å². The quantitative estimate of drug-likeness (QED) is 0.848.